The third-order valence-corrected chi connectivity index (χ3v) is 5.91. The van der Waals surface area contributed by atoms with Gasteiger partial charge in [-0.05, 0) is 55.5 Å². The number of nitrogens with two attached hydrogens (primary N) is 1. The summed E-state index contributed by atoms with van der Waals surface area (Å²) in [6.45, 7) is 1.97. The van der Waals surface area contributed by atoms with Gasteiger partial charge in [-0.2, -0.15) is 5.10 Å². The lowest BCUT2D eigenvalue weighted by Crippen LogP contribution is -2.30. The summed E-state index contributed by atoms with van der Waals surface area (Å²) in [6, 6.07) is 8.00. The molecule has 0 radical (unpaired) electrons. The molecule has 0 saturated carbocycles. The molecule has 0 bridgehead atoms. The number of benzene rings is 1. The second kappa shape index (κ2) is 5.63. The van der Waals surface area contributed by atoms with E-state index in [0.29, 0.717) is 0 Å². The average Bonchev–Trinajstić information content (AvgIpc) is 3.09. The van der Waals surface area contributed by atoms with E-state index >= 15 is 0 Å². The molecular weight excluding hydrogens is 320 g/mol. The Balaban J connectivity index is 1.61. The molecule has 1 amide bonds. The summed E-state index contributed by atoms with van der Waals surface area (Å²) in [5.41, 5.74) is 10.1. The summed E-state index contributed by atoms with van der Waals surface area (Å²) in [7, 11) is 1.91. The van der Waals surface area contributed by atoms with E-state index in [1.54, 1.807) is 0 Å². The van der Waals surface area contributed by atoms with E-state index in [4.69, 9.17) is 5.73 Å². The maximum absolute atomic E-state index is 12.7. The van der Waals surface area contributed by atoms with Crippen LogP contribution in [-0.4, -0.2) is 15.7 Å². The van der Waals surface area contributed by atoms with Crippen molar-refractivity contribution in [2.45, 2.75) is 32.2 Å². The average molecular weight is 340 g/mol. The van der Waals surface area contributed by atoms with E-state index in [1.807, 2.05) is 42.9 Å². The highest BCUT2D eigenvalue weighted by molar-refractivity contribution is 7.20. The molecule has 1 atom stereocenters. The van der Waals surface area contributed by atoms with Crippen LogP contribution in [0.1, 0.15) is 45.4 Å². The second-order valence-corrected chi connectivity index (χ2v) is 7.45. The van der Waals surface area contributed by atoms with Crippen LogP contribution in [0.15, 0.2) is 24.3 Å². The van der Waals surface area contributed by atoms with E-state index in [0.717, 1.165) is 45.7 Å². The zero-order valence-electron chi connectivity index (χ0n) is 13.8. The second-order valence-electron chi connectivity index (χ2n) is 6.42. The number of rotatable bonds is 2. The Labute approximate surface area is 144 Å². The van der Waals surface area contributed by atoms with Crippen LogP contribution in [0, 0.1) is 6.92 Å². The summed E-state index contributed by atoms with van der Waals surface area (Å²) in [5, 5.41) is 8.65. The zero-order valence-corrected chi connectivity index (χ0v) is 14.6. The molecule has 1 aliphatic carbocycles. The van der Waals surface area contributed by atoms with Crippen molar-refractivity contribution < 1.29 is 4.79 Å². The molecule has 3 N–H and O–H groups in total. The van der Waals surface area contributed by atoms with Crippen LogP contribution in [0.5, 0.6) is 0 Å². The lowest BCUT2D eigenvalue weighted by molar-refractivity contribution is 0.0937. The summed E-state index contributed by atoms with van der Waals surface area (Å²) in [5.74, 6) is -0.00900. The van der Waals surface area contributed by atoms with Crippen molar-refractivity contribution in [3.05, 3.63) is 46.0 Å². The minimum Gasteiger partial charge on any atom is -0.399 e. The molecule has 1 aliphatic rings. The van der Waals surface area contributed by atoms with Gasteiger partial charge in [0.05, 0.1) is 16.6 Å². The summed E-state index contributed by atoms with van der Waals surface area (Å²) >= 11 is 1.49. The van der Waals surface area contributed by atoms with Gasteiger partial charge >= 0.3 is 0 Å². The Kier molecular flexibility index (Phi) is 3.57. The van der Waals surface area contributed by atoms with Crippen LogP contribution in [-0.2, 0) is 13.5 Å². The Bertz CT molecular complexity index is 906. The van der Waals surface area contributed by atoms with Gasteiger partial charge in [0.15, 0.2) is 0 Å². The van der Waals surface area contributed by atoms with Gasteiger partial charge in [0, 0.05) is 18.1 Å². The number of fused-ring (bicyclic) bond motifs is 2. The smallest absolute Gasteiger partial charge is 0.261 e. The molecule has 0 aliphatic heterocycles. The third kappa shape index (κ3) is 2.47. The fourth-order valence-electron chi connectivity index (χ4n) is 3.53. The highest BCUT2D eigenvalue weighted by Gasteiger charge is 2.23. The molecule has 0 spiro atoms. The fourth-order valence-corrected chi connectivity index (χ4v) is 4.56. The SMILES string of the molecule is Cc1nn(C)c2sc(C(=O)NC3CCCc4cc(N)ccc43)cc12. The van der Waals surface area contributed by atoms with Gasteiger partial charge in [0.1, 0.15) is 4.83 Å². The standard InChI is InChI=1S/C18H20N4OS/c1-10-14-9-16(24-18(14)22(2)21-10)17(23)20-15-5-3-4-11-8-12(19)6-7-13(11)15/h6-9,15H,3-5,19H2,1-2H3,(H,20,23). The van der Waals surface area contributed by atoms with Gasteiger partial charge in [0.25, 0.3) is 5.91 Å². The highest BCUT2D eigenvalue weighted by Crippen LogP contribution is 2.32. The molecular formula is C18H20N4OS. The lowest BCUT2D eigenvalue weighted by Gasteiger charge is -2.26. The predicted octanol–water partition coefficient (Wildman–Crippen LogP) is 3.33. The Morgan fingerprint density at radius 1 is 1.42 bits per heavy atom. The van der Waals surface area contributed by atoms with Gasteiger partial charge in [-0.15, -0.1) is 11.3 Å². The van der Waals surface area contributed by atoms with Crippen molar-refractivity contribution in [1.29, 1.82) is 0 Å². The number of thiophene rings is 1. The number of nitrogen functional groups attached to an aromatic ring is 1. The van der Waals surface area contributed by atoms with Crippen LogP contribution in [0.4, 0.5) is 5.69 Å². The van der Waals surface area contributed by atoms with Crippen LogP contribution >= 0.6 is 11.3 Å². The Morgan fingerprint density at radius 3 is 3.04 bits per heavy atom. The molecule has 24 heavy (non-hydrogen) atoms. The van der Waals surface area contributed by atoms with Crippen LogP contribution < -0.4 is 11.1 Å². The molecule has 1 unspecified atom stereocenters. The number of carbonyl (C=O) groups is 1. The van der Waals surface area contributed by atoms with E-state index < -0.39 is 0 Å². The zero-order chi connectivity index (χ0) is 16.8. The number of nitrogens with one attached hydrogen (secondary N) is 1. The number of aryl methyl sites for hydroxylation is 3. The van der Waals surface area contributed by atoms with Crippen LogP contribution in [0.2, 0.25) is 0 Å². The summed E-state index contributed by atoms with van der Waals surface area (Å²) < 4.78 is 1.84. The van der Waals surface area contributed by atoms with Gasteiger partial charge in [-0.3, -0.25) is 9.48 Å². The number of carbonyl (C=O) groups excluding carboxylic acids is 1. The molecule has 4 rings (SSSR count). The molecule has 0 fully saturated rings. The molecule has 1 aromatic carbocycles. The quantitative estimate of drug-likeness (QED) is 0.703. The monoisotopic (exact) mass is 340 g/mol. The van der Waals surface area contributed by atoms with Crippen molar-refractivity contribution in [1.82, 2.24) is 15.1 Å². The number of anilines is 1. The maximum atomic E-state index is 12.7. The number of aromatic nitrogens is 2. The lowest BCUT2D eigenvalue weighted by atomic mass is 9.87. The summed E-state index contributed by atoms with van der Waals surface area (Å²) in [6.07, 6.45) is 3.06. The van der Waals surface area contributed by atoms with Crippen molar-refractivity contribution in [2.24, 2.45) is 7.05 Å². The number of hydrogen-bond donors (Lipinski definition) is 2. The number of amides is 1. The molecule has 2 aromatic heterocycles. The first kappa shape index (κ1) is 15.2. The van der Waals surface area contributed by atoms with Gasteiger partial charge in [0.2, 0.25) is 0 Å². The van der Waals surface area contributed by atoms with E-state index in [9.17, 15) is 4.79 Å². The molecule has 3 aromatic rings. The largest absolute Gasteiger partial charge is 0.399 e. The minimum absolute atomic E-state index is 0.00900. The van der Waals surface area contributed by atoms with Crippen LogP contribution in [0.25, 0.3) is 10.2 Å². The van der Waals surface area contributed by atoms with Crippen molar-refractivity contribution in [3.8, 4) is 0 Å². The third-order valence-electron chi connectivity index (χ3n) is 4.71. The van der Waals surface area contributed by atoms with E-state index in [-0.39, 0.29) is 11.9 Å². The number of hydrogen-bond acceptors (Lipinski definition) is 4. The van der Waals surface area contributed by atoms with E-state index in [1.165, 1.54) is 22.5 Å². The molecule has 124 valence electrons. The van der Waals surface area contributed by atoms with Crippen molar-refractivity contribution in [2.75, 3.05) is 5.73 Å². The Hall–Kier alpha value is -2.34. The topological polar surface area (TPSA) is 72.9 Å². The minimum atomic E-state index is -0.00900. The fraction of sp³-hybridized carbons (Fsp3) is 0.333. The normalized spacial score (nSPS) is 17.0. The number of nitrogens with zero attached hydrogens (tertiary/aromatic N) is 2. The van der Waals surface area contributed by atoms with Gasteiger partial charge in [-0.1, -0.05) is 6.07 Å². The molecule has 6 heteroatoms. The van der Waals surface area contributed by atoms with E-state index in [2.05, 4.69) is 10.4 Å². The highest BCUT2D eigenvalue weighted by atomic mass is 32.1. The molecule has 2 heterocycles. The summed E-state index contributed by atoms with van der Waals surface area (Å²) in [4.78, 5) is 14.5. The molecule has 0 saturated heterocycles. The van der Waals surface area contributed by atoms with Crippen LogP contribution in [0.3, 0.4) is 0 Å². The van der Waals surface area contributed by atoms with Gasteiger partial charge in [-0.25, -0.2) is 0 Å². The maximum Gasteiger partial charge on any atom is 0.261 e. The first-order chi connectivity index (χ1) is 11.5. The first-order valence-corrected chi connectivity index (χ1v) is 8.97. The Morgan fingerprint density at radius 2 is 2.25 bits per heavy atom. The molecule has 5 nitrogen and oxygen atoms in total. The van der Waals surface area contributed by atoms with Gasteiger partial charge < -0.3 is 11.1 Å². The first-order valence-electron chi connectivity index (χ1n) is 8.15. The van der Waals surface area contributed by atoms with Crippen molar-refractivity contribution in [3.63, 3.8) is 0 Å². The van der Waals surface area contributed by atoms with Crippen molar-refractivity contribution >= 4 is 33.1 Å². The predicted molar refractivity (Wildman–Crippen MR) is 97.3 cm³/mol.